The number of aromatic amines is 1. The number of hydrogen-bond acceptors (Lipinski definition) is 4. The number of amides is 1. The van der Waals surface area contributed by atoms with Gasteiger partial charge in [-0.25, -0.2) is 4.98 Å². The molecule has 128 valence electrons. The van der Waals surface area contributed by atoms with Crippen molar-refractivity contribution < 1.29 is 9.53 Å². The largest absolute Gasteiger partial charge is 0.481 e. The van der Waals surface area contributed by atoms with Crippen molar-refractivity contribution in [1.29, 1.82) is 0 Å². The monoisotopic (exact) mass is 328 g/mol. The van der Waals surface area contributed by atoms with Gasteiger partial charge in [0.2, 0.25) is 11.8 Å². The number of piperidine rings is 1. The zero-order valence-corrected chi connectivity index (χ0v) is 14.5. The van der Waals surface area contributed by atoms with Crippen molar-refractivity contribution in [1.82, 2.24) is 20.1 Å². The lowest BCUT2D eigenvalue weighted by atomic mass is 9.90. The number of methoxy groups -OCH3 is 1. The van der Waals surface area contributed by atoms with Crippen molar-refractivity contribution in [2.45, 2.75) is 39.0 Å². The number of carbonyl (C=O) groups excluding carboxylic acids is 1. The van der Waals surface area contributed by atoms with Gasteiger partial charge in [-0.05, 0) is 38.2 Å². The number of nitrogens with one attached hydrogen (secondary N) is 1. The third-order valence-corrected chi connectivity index (χ3v) is 4.90. The maximum Gasteiger partial charge on any atom is 0.227 e. The van der Waals surface area contributed by atoms with Gasteiger partial charge in [0.15, 0.2) is 0 Å². The average molecular weight is 328 g/mol. The lowest BCUT2D eigenvalue weighted by Gasteiger charge is -2.32. The van der Waals surface area contributed by atoms with Crippen LogP contribution in [0.4, 0.5) is 0 Å². The Bertz CT molecular complexity index is 681. The Balaban J connectivity index is 1.57. The van der Waals surface area contributed by atoms with Crippen LogP contribution in [0.5, 0.6) is 5.88 Å². The van der Waals surface area contributed by atoms with Crippen LogP contribution < -0.4 is 4.74 Å². The van der Waals surface area contributed by atoms with Crippen molar-refractivity contribution in [3.8, 4) is 5.88 Å². The first kappa shape index (κ1) is 16.5. The van der Waals surface area contributed by atoms with Gasteiger partial charge in [-0.3, -0.25) is 9.89 Å². The van der Waals surface area contributed by atoms with Gasteiger partial charge < -0.3 is 9.64 Å². The second kappa shape index (κ2) is 7.03. The van der Waals surface area contributed by atoms with Crippen molar-refractivity contribution >= 4 is 5.91 Å². The molecule has 0 saturated carbocycles. The summed E-state index contributed by atoms with van der Waals surface area (Å²) in [5.74, 6) is 1.29. The first-order chi connectivity index (χ1) is 11.6. The molecule has 0 aromatic carbocycles. The normalized spacial score (nSPS) is 15.5. The zero-order valence-electron chi connectivity index (χ0n) is 14.5. The van der Waals surface area contributed by atoms with Crippen LogP contribution in [0.3, 0.4) is 0 Å². The average Bonchev–Trinajstić information content (AvgIpc) is 2.94. The summed E-state index contributed by atoms with van der Waals surface area (Å²) in [5.41, 5.74) is 4.16. The van der Waals surface area contributed by atoms with Crippen molar-refractivity contribution in [2.75, 3.05) is 20.2 Å². The fraction of sp³-hybridized carbons (Fsp3) is 0.500. The lowest BCUT2D eigenvalue weighted by Crippen LogP contribution is -2.38. The lowest BCUT2D eigenvalue weighted by molar-refractivity contribution is -0.131. The third kappa shape index (κ3) is 3.42. The maximum absolute atomic E-state index is 12.6. The minimum atomic E-state index is 0.189. The molecule has 3 rings (SSSR count). The minimum Gasteiger partial charge on any atom is -0.481 e. The van der Waals surface area contributed by atoms with E-state index in [9.17, 15) is 4.79 Å². The molecular formula is C18H24N4O2. The number of ether oxygens (including phenoxy) is 1. The summed E-state index contributed by atoms with van der Waals surface area (Å²) in [6.07, 6.45) is 4.27. The number of hydrogen-bond donors (Lipinski definition) is 1. The van der Waals surface area contributed by atoms with Crippen molar-refractivity contribution in [2.24, 2.45) is 0 Å². The number of carbonyl (C=O) groups is 1. The number of nitrogens with zero attached hydrogens (tertiary/aromatic N) is 3. The molecule has 1 fully saturated rings. The maximum atomic E-state index is 12.6. The first-order valence-corrected chi connectivity index (χ1v) is 8.36. The molecule has 1 amide bonds. The second-order valence-corrected chi connectivity index (χ2v) is 6.38. The molecule has 6 nitrogen and oxygen atoms in total. The number of aromatic nitrogens is 3. The van der Waals surface area contributed by atoms with Crippen LogP contribution in [0.2, 0.25) is 0 Å². The SMILES string of the molecule is COc1ccc(C2CCN(C(=O)Cc3c(C)n[nH]c3C)CC2)cn1. The Kier molecular flexibility index (Phi) is 4.83. The van der Waals surface area contributed by atoms with Crippen LogP contribution in [0.15, 0.2) is 18.3 Å². The van der Waals surface area contributed by atoms with Crippen LogP contribution >= 0.6 is 0 Å². The van der Waals surface area contributed by atoms with E-state index in [4.69, 9.17) is 4.74 Å². The van der Waals surface area contributed by atoms with E-state index in [1.807, 2.05) is 31.0 Å². The summed E-state index contributed by atoms with van der Waals surface area (Å²) in [7, 11) is 1.62. The highest BCUT2D eigenvalue weighted by Crippen LogP contribution is 2.28. The molecule has 3 heterocycles. The van der Waals surface area contributed by atoms with E-state index in [2.05, 4.69) is 21.2 Å². The molecule has 6 heteroatoms. The molecule has 2 aromatic heterocycles. The molecule has 0 bridgehead atoms. The van der Waals surface area contributed by atoms with E-state index in [-0.39, 0.29) is 5.91 Å². The standard InChI is InChI=1S/C18H24N4O2/c1-12-16(13(2)21-20-12)10-18(23)22-8-6-14(7-9-22)15-4-5-17(24-3)19-11-15/h4-5,11,14H,6-10H2,1-3H3,(H,20,21). The summed E-state index contributed by atoms with van der Waals surface area (Å²) in [6.45, 7) is 5.50. The summed E-state index contributed by atoms with van der Waals surface area (Å²) in [6, 6.07) is 3.98. The minimum absolute atomic E-state index is 0.189. The number of pyridine rings is 1. The van der Waals surface area contributed by atoms with Crippen molar-refractivity contribution in [3.63, 3.8) is 0 Å². The summed E-state index contributed by atoms with van der Waals surface area (Å²) in [4.78, 5) is 18.8. The molecule has 0 spiro atoms. The number of aryl methyl sites for hydroxylation is 2. The van der Waals surface area contributed by atoms with Crippen molar-refractivity contribution in [3.05, 3.63) is 40.8 Å². The highest BCUT2D eigenvalue weighted by atomic mass is 16.5. The molecule has 0 radical (unpaired) electrons. The number of rotatable bonds is 4. The Hall–Kier alpha value is -2.37. The van der Waals surface area contributed by atoms with Gasteiger partial charge in [0, 0.05) is 36.6 Å². The zero-order chi connectivity index (χ0) is 17.1. The fourth-order valence-electron chi connectivity index (χ4n) is 3.31. The van der Waals surface area contributed by atoms with E-state index in [1.54, 1.807) is 7.11 Å². The molecule has 1 aliphatic rings. The predicted octanol–water partition coefficient (Wildman–Crippen LogP) is 2.38. The molecule has 0 atom stereocenters. The summed E-state index contributed by atoms with van der Waals surface area (Å²) < 4.78 is 5.10. The van der Waals surface area contributed by atoms with E-state index in [0.717, 1.165) is 42.9 Å². The van der Waals surface area contributed by atoms with Gasteiger partial charge in [-0.1, -0.05) is 6.07 Å². The van der Waals surface area contributed by atoms with Gasteiger partial charge in [0.05, 0.1) is 19.2 Å². The first-order valence-electron chi connectivity index (χ1n) is 8.36. The van der Waals surface area contributed by atoms with E-state index in [0.29, 0.717) is 18.2 Å². The topological polar surface area (TPSA) is 71.1 Å². The number of likely N-dealkylation sites (tertiary alicyclic amines) is 1. The van der Waals surface area contributed by atoms with Crippen LogP contribution in [-0.4, -0.2) is 46.2 Å². The van der Waals surface area contributed by atoms with Gasteiger partial charge in [0.25, 0.3) is 0 Å². The van der Waals surface area contributed by atoms with E-state index < -0.39 is 0 Å². The molecular weight excluding hydrogens is 304 g/mol. The molecule has 24 heavy (non-hydrogen) atoms. The molecule has 1 saturated heterocycles. The van der Waals surface area contributed by atoms with Crippen LogP contribution in [0.1, 0.15) is 41.3 Å². The Labute approximate surface area is 142 Å². The van der Waals surface area contributed by atoms with Gasteiger partial charge in [-0.2, -0.15) is 5.10 Å². The Morgan fingerprint density at radius 3 is 2.62 bits per heavy atom. The summed E-state index contributed by atoms with van der Waals surface area (Å²) >= 11 is 0. The predicted molar refractivity (Wildman–Crippen MR) is 91.1 cm³/mol. The highest BCUT2D eigenvalue weighted by Gasteiger charge is 2.25. The molecule has 0 unspecified atom stereocenters. The van der Waals surface area contributed by atoms with Gasteiger partial charge >= 0.3 is 0 Å². The number of H-pyrrole nitrogens is 1. The van der Waals surface area contributed by atoms with Gasteiger partial charge in [-0.15, -0.1) is 0 Å². The van der Waals surface area contributed by atoms with Gasteiger partial charge in [0.1, 0.15) is 0 Å². The smallest absolute Gasteiger partial charge is 0.227 e. The van der Waals surface area contributed by atoms with Crippen LogP contribution in [0.25, 0.3) is 0 Å². The fourth-order valence-corrected chi connectivity index (χ4v) is 3.31. The molecule has 2 aromatic rings. The quantitative estimate of drug-likeness (QED) is 0.935. The third-order valence-electron chi connectivity index (χ3n) is 4.90. The van der Waals surface area contributed by atoms with E-state index in [1.165, 1.54) is 5.56 Å². The molecule has 0 aliphatic carbocycles. The second-order valence-electron chi connectivity index (χ2n) is 6.38. The Morgan fingerprint density at radius 2 is 2.08 bits per heavy atom. The van der Waals surface area contributed by atoms with Crippen LogP contribution in [-0.2, 0) is 11.2 Å². The Morgan fingerprint density at radius 1 is 1.33 bits per heavy atom. The van der Waals surface area contributed by atoms with Crippen LogP contribution in [0, 0.1) is 13.8 Å². The summed E-state index contributed by atoms with van der Waals surface area (Å²) in [5, 5.41) is 7.11. The van der Waals surface area contributed by atoms with E-state index >= 15 is 0 Å². The highest BCUT2D eigenvalue weighted by molar-refractivity contribution is 5.79. The molecule has 1 aliphatic heterocycles. The molecule has 1 N–H and O–H groups in total.